The average molecular weight is 275 g/mol. The summed E-state index contributed by atoms with van der Waals surface area (Å²) in [6, 6.07) is 8.84. The van der Waals surface area contributed by atoms with E-state index in [9.17, 15) is 5.11 Å². The van der Waals surface area contributed by atoms with Crippen molar-refractivity contribution in [3.8, 4) is 5.75 Å². The van der Waals surface area contributed by atoms with Crippen molar-refractivity contribution in [1.82, 2.24) is 4.90 Å². The van der Waals surface area contributed by atoms with Crippen molar-refractivity contribution >= 4 is 0 Å². The quantitative estimate of drug-likeness (QED) is 0.703. The van der Waals surface area contributed by atoms with E-state index in [4.69, 9.17) is 4.74 Å². The van der Waals surface area contributed by atoms with Gasteiger partial charge in [0.2, 0.25) is 0 Å². The van der Waals surface area contributed by atoms with Gasteiger partial charge in [-0.3, -0.25) is 4.90 Å². The van der Waals surface area contributed by atoms with Gasteiger partial charge in [-0.2, -0.15) is 0 Å². The van der Waals surface area contributed by atoms with Crippen molar-refractivity contribution < 1.29 is 9.84 Å². The smallest absolute Gasteiger partial charge is 0.118 e. The fourth-order valence-electron chi connectivity index (χ4n) is 2.42. The van der Waals surface area contributed by atoms with E-state index in [1.54, 1.807) is 7.11 Å². The number of aliphatic hydroxyl groups is 1. The highest BCUT2D eigenvalue weighted by molar-refractivity contribution is 5.27. The third-order valence-electron chi connectivity index (χ3n) is 3.76. The zero-order valence-electron chi connectivity index (χ0n) is 12.3. The molecule has 110 valence electrons. The number of allylic oxidation sites excluding steroid dienone is 1. The highest BCUT2D eigenvalue weighted by atomic mass is 16.5. The van der Waals surface area contributed by atoms with Crippen LogP contribution in [-0.2, 0) is 6.54 Å². The zero-order chi connectivity index (χ0) is 14.4. The molecular formula is C17H25NO2. The lowest BCUT2D eigenvalue weighted by Crippen LogP contribution is -2.33. The molecular weight excluding hydrogens is 250 g/mol. The summed E-state index contributed by atoms with van der Waals surface area (Å²) in [7, 11) is 1.68. The molecule has 0 spiro atoms. The van der Waals surface area contributed by atoms with Crippen molar-refractivity contribution in [2.24, 2.45) is 0 Å². The molecule has 20 heavy (non-hydrogen) atoms. The summed E-state index contributed by atoms with van der Waals surface area (Å²) >= 11 is 0. The van der Waals surface area contributed by atoms with Crippen molar-refractivity contribution in [2.45, 2.75) is 44.4 Å². The molecule has 0 radical (unpaired) electrons. The number of hydrogen-bond donors (Lipinski definition) is 1. The van der Waals surface area contributed by atoms with Gasteiger partial charge in [-0.05, 0) is 43.4 Å². The first-order chi connectivity index (χ1) is 9.72. The summed E-state index contributed by atoms with van der Waals surface area (Å²) in [6.45, 7) is 5.36. The molecule has 1 atom stereocenters. The maximum atomic E-state index is 10.1. The Labute approximate surface area is 121 Å². The van der Waals surface area contributed by atoms with E-state index in [0.717, 1.165) is 31.7 Å². The molecule has 0 heterocycles. The van der Waals surface area contributed by atoms with Crippen molar-refractivity contribution in [2.75, 3.05) is 13.7 Å². The lowest BCUT2D eigenvalue weighted by Gasteiger charge is -2.25. The summed E-state index contributed by atoms with van der Waals surface area (Å²) in [4.78, 5) is 2.40. The number of methoxy groups -OCH3 is 1. The highest BCUT2D eigenvalue weighted by Gasteiger charge is 2.30. The van der Waals surface area contributed by atoms with Crippen LogP contribution in [0.25, 0.3) is 0 Å². The predicted molar refractivity (Wildman–Crippen MR) is 81.9 cm³/mol. The first-order valence-corrected chi connectivity index (χ1v) is 7.39. The Bertz CT molecular complexity index is 412. The van der Waals surface area contributed by atoms with Crippen LogP contribution < -0.4 is 4.74 Å². The van der Waals surface area contributed by atoms with E-state index in [1.807, 2.05) is 18.2 Å². The average Bonchev–Trinajstić information content (AvgIpc) is 3.30. The molecule has 2 rings (SSSR count). The predicted octanol–water partition coefficient (Wildman–Crippen LogP) is 2.99. The van der Waals surface area contributed by atoms with E-state index in [2.05, 4.69) is 23.6 Å². The van der Waals surface area contributed by atoms with Gasteiger partial charge in [0.25, 0.3) is 0 Å². The van der Waals surface area contributed by atoms with E-state index in [1.165, 1.54) is 18.4 Å². The fourth-order valence-corrected chi connectivity index (χ4v) is 2.42. The first-order valence-electron chi connectivity index (χ1n) is 7.39. The van der Waals surface area contributed by atoms with Crippen molar-refractivity contribution in [3.63, 3.8) is 0 Å². The molecule has 1 aromatic rings. The minimum absolute atomic E-state index is 0.258. The maximum Gasteiger partial charge on any atom is 0.118 e. The van der Waals surface area contributed by atoms with Crippen molar-refractivity contribution in [1.29, 1.82) is 0 Å². The summed E-state index contributed by atoms with van der Waals surface area (Å²) < 4.78 is 5.18. The van der Waals surface area contributed by atoms with Crippen LogP contribution >= 0.6 is 0 Å². The molecule has 0 amide bonds. The van der Waals surface area contributed by atoms with E-state index < -0.39 is 0 Å². The Morgan fingerprint density at radius 3 is 2.65 bits per heavy atom. The number of nitrogens with zero attached hydrogens (tertiary/aromatic N) is 1. The molecule has 1 N–H and O–H groups in total. The number of rotatable bonds is 9. The van der Waals surface area contributed by atoms with Gasteiger partial charge in [0.1, 0.15) is 5.75 Å². The second-order valence-corrected chi connectivity index (χ2v) is 5.53. The van der Waals surface area contributed by atoms with Crippen LogP contribution in [0.3, 0.4) is 0 Å². The second kappa shape index (κ2) is 7.46. The van der Waals surface area contributed by atoms with Gasteiger partial charge < -0.3 is 9.84 Å². The van der Waals surface area contributed by atoms with Gasteiger partial charge in [0.15, 0.2) is 0 Å². The van der Waals surface area contributed by atoms with Crippen LogP contribution in [0.1, 0.15) is 31.2 Å². The number of ether oxygens (including phenoxy) is 1. The molecule has 0 saturated heterocycles. The SMILES string of the molecule is C=CCCC(O)CN(Cc1ccc(OC)cc1)C1CC1. The standard InChI is InChI=1S/C17H25NO2/c1-3-4-5-16(19)13-18(15-8-9-15)12-14-6-10-17(20-2)11-7-14/h3,6-7,10-11,15-16,19H,1,4-5,8-9,12-13H2,2H3. The third-order valence-corrected chi connectivity index (χ3v) is 3.76. The van der Waals surface area contributed by atoms with Gasteiger partial charge in [0, 0.05) is 19.1 Å². The second-order valence-electron chi connectivity index (χ2n) is 5.53. The molecule has 1 saturated carbocycles. The Hall–Kier alpha value is -1.32. The van der Waals surface area contributed by atoms with Crippen LogP contribution in [0.2, 0.25) is 0 Å². The Kier molecular flexibility index (Phi) is 5.62. The maximum absolute atomic E-state index is 10.1. The molecule has 1 aromatic carbocycles. The monoisotopic (exact) mass is 275 g/mol. The van der Waals surface area contributed by atoms with E-state index >= 15 is 0 Å². The zero-order valence-corrected chi connectivity index (χ0v) is 12.3. The van der Waals surface area contributed by atoms with Crippen LogP contribution in [0.15, 0.2) is 36.9 Å². The summed E-state index contributed by atoms with van der Waals surface area (Å²) in [5, 5.41) is 10.1. The topological polar surface area (TPSA) is 32.7 Å². The van der Waals surface area contributed by atoms with Gasteiger partial charge in [-0.15, -0.1) is 6.58 Å². The normalized spacial score (nSPS) is 16.1. The Balaban J connectivity index is 1.89. The lowest BCUT2D eigenvalue weighted by atomic mass is 10.1. The summed E-state index contributed by atoms with van der Waals surface area (Å²) in [6.07, 6.45) is 5.80. The minimum atomic E-state index is -0.258. The van der Waals surface area contributed by atoms with E-state index in [0.29, 0.717) is 6.04 Å². The molecule has 1 fully saturated rings. The molecule has 1 unspecified atom stereocenters. The number of benzene rings is 1. The van der Waals surface area contributed by atoms with Gasteiger partial charge >= 0.3 is 0 Å². The lowest BCUT2D eigenvalue weighted by molar-refractivity contribution is 0.0980. The van der Waals surface area contributed by atoms with Gasteiger partial charge in [0.05, 0.1) is 13.2 Å². The highest BCUT2D eigenvalue weighted by Crippen LogP contribution is 2.29. The summed E-state index contributed by atoms with van der Waals surface area (Å²) in [5.74, 6) is 0.887. The van der Waals surface area contributed by atoms with Crippen LogP contribution in [0, 0.1) is 0 Å². The van der Waals surface area contributed by atoms with Crippen LogP contribution in [0.4, 0.5) is 0 Å². The van der Waals surface area contributed by atoms with Crippen molar-refractivity contribution in [3.05, 3.63) is 42.5 Å². The first kappa shape index (κ1) is 15.1. The molecule has 1 aliphatic rings. The molecule has 1 aliphatic carbocycles. The minimum Gasteiger partial charge on any atom is -0.497 e. The van der Waals surface area contributed by atoms with Gasteiger partial charge in [-0.25, -0.2) is 0 Å². The number of hydrogen-bond acceptors (Lipinski definition) is 3. The third kappa shape index (κ3) is 4.66. The molecule has 0 aliphatic heterocycles. The van der Waals surface area contributed by atoms with E-state index in [-0.39, 0.29) is 6.10 Å². The fraction of sp³-hybridized carbons (Fsp3) is 0.529. The summed E-state index contributed by atoms with van der Waals surface area (Å²) in [5.41, 5.74) is 1.27. The molecule has 0 aromatic heterocycles. The Morgan fingerprint density at radius 2 is 2.10 bits per heavy atom. The van der Waals surface area contributed by atoms with Crippen LogP contribution in [0.5, 0.6) is 5.75 Å². The molecule has 3 heteroatoms. The molecule has 0 bridgehead atoms. The number of aliphatic hydroxyl groups excluding tert-OH is 1. The largest absolute Gasteiger partial charge is 0.497 e. The van der Waals surface area contributed by atoms with Crippen LogP contribution in [-0.4, -0.2) is 35.8 Å². The molecule has 3 nitrogen and oxygen atoms in total. The Morgan fingerprint density at radius 1 is 1.40 bits per heavy atom. The van der Waals surface area contributed by atoms with Gasteiger partial charge in [-0.1, -0.05) is 18.2 Å².